The van der Waals surface area contributed by atoms with Crippen LogP contribution in [0.1, 0.15) is 66.2 Å². The number of allylic oxidation sites excluding steroid dienone is 2. The van der Waals surface area contributed by atoms with Gasteiger partial charge in [0.25, 0.3) is 0 Å². The maximum atomic E-state index is 12.6. The number of carbonyl (C=O) groups excluding carboxylic acids is 2. The lowest BCUT2D eigenvalue weighted by Gasteiger charge is -2.66. The number of hydrogen-bond acceptors (Lipinski definition) is 4. The lowest BCUT2D eigenvalue weighted by Crippen LogP contribution is -2.66. The number of hydrogen-bond donors (Lipinski definition) is 1. The van der Waals surface area contributed by atoms with E-state index in [2.05, 4.69) is 27.7 Å². The van der Waals surface area contributed by atoms with E-state index in [4.69, 9.17) is 10.5 Å². The topological polar surface area (TPSA) is 69.4 Å². The van der Waals surface area contributed by atoms with Gasteiger partial charge in [0.1, 0.15) is 5.60 Å². The molecule has 4 nitrogen and oxygen atoms in total. The molecular weight excluding hydrogens is 314 g/mol. The summed E-state index contributed by atoms with van der Waals surface area (Å²) in [6.07, 6.45) is 7.40. The van der Waals surface area contributed by atoms with Crippen molar-refractivity contribution < 1.29 is 14.3 Å². The SMILES string of the molecule is C[C@H]1CC[C@H]2C(C)(C)CCC[C@]23OC2=C(C[C@]13C)C(=O)C(N)=CC2=O. The van der Waals surface area contributed by atoms with Crippen LogP contribution in [-0.2, 0) is 14.3 Å². The highest BCUT2D eigenvalue weighted by molar-refractivity contribution is 6.21. The molecule has 0 amide bonds. The maximum Gasteiger partial charge on any atom is 0.223 e. The zero-order chi connectivity index (χ0) is 18.2. The minimum absolute atomic E-state index is 0.0517. The minimum atomic E-state index is -0.346. The Balaban J connectivity index is 1.89. The van der Waals surface area contributed by atoms with Crippen molar-refractivity contribution in [3.05, 3.63) is 23.1 Å². The van der Waals surface area contributed by atoms with Crippen molar-refractivity contribution in [2.45, 2.75) is 71.8 Å². The van der Waals surface area contributed by atoms with Crippen LogP contribution in [0.4, 0.5) is 0 Å². The molecule has 0 radical (unpaired) electrons. The largest absolute Gasteiger partial charge is 0.482 e. The van der Waals surface area contributed by atoms with E-state index >= 15 is 0 Å². The molecule has 1 heterocycles. The quantitative estimate of drug-likeness (QED) is 0.682. The predicted octanol–water partition coefficient (Wildman–Crippen LogP) is 3.66. The minimum Gasteiger partial charge on any atom is -0.482 e. The molecule has 1 aliphatic heterocycles. The van der Waals surface area contributed by atoms with Gasteiger partial charge in [0, 0.05) is 23.0 Å². The fraction of sp³-hybridized carbons (Fsp3) is 0.714. The lowest BCUT2D eigenvalue weighted by molar-refractivity contribution is -0.237. The van der Waals surface area contributed by atoms with E-state index in [-0.39, 0.29) is 39.5 Å². The highest BCUT2D eigenvalue weighted by atomic mass is 16.5. The molecule has 136 valence electrons. The van der Waals surface area contributed by atoms with E-state index in [1.807, 2.05) is 0 Å². The molecule has 1 spiro atoms. The van der Waals surface area contributed by atoms with Gasteiger partial charge in [-0.1, -0.05) is 27.7 Å². The van der Waals surface area contributed by atoms with E-state index in [1.54, 1.807) is 0 Å². The van der Waals surface area contributed by atoms with Crippen molar-refractivity contribution in [3.63, 3.8) is 0 Å². The third-order valence-electron chi connectivity index (χ3n) is 7.97. The molecule has 0 saturated heterocycles. The van der Waals surface area contributed by atoms with Crippen LogP contribution in [0.15, 0.2) is 23.1 Å². The molecular formula is C21H29NO3. The summed E-state index contributed by atoms with van der Waals surface area (Å²) in [5.41, 5.74) is 6.06. The van der Waals surface area contributed by atoms with Crippen LogP contribution in [-0.4, -0.2) is 17.2 Å². The van der Waals surface area contributed by atoms with Crippen molar-refractivity contribution in [2.24, 2.45) is 28.4 Å². The van der Waals surface area contributed by atoms with Crippen molar-refractivity contribution in [1.82, 2.24) is 0 Å². The summed E-state index contributed by atoms with van der Waals surface area (Å²) in [7, 11) is 0. The van der Waals surface area contributed by atoms with Gasteiger partial charge in [0.05, 0.1) is 5.70 Å². The van der Waals surface area contributed by atoms with Crippen molar-refractivity contribution in [2.75, 3.05) is 0 Å². The third-order valence-corrected chi connectivity index (χ3v) is 7.97. The summed E-state index contributed by atoms with van der Waals surface area (Å²) in [5, 5.41) is 0. The Labute approximate surface area is 149 Å². The second-order valence-electron chi connectivity index (χ2n) is 9.56. The summed E-state index contributed by atoms with van der Waals surface area (Å²) in [6.45, 7) is 9.24. The van der Waals surface area contributed by atoms with Gasteiger partial charge in [0.15, 0.2) is 5.76 Å². The smallest absolute Gasteiger partial charge is 0.223 e. The Bertz CT molecular complexity index is 731. The summed E-state index contributed by atoms with van der Waals surface area (Å²) in [5.74, 6) is 0.698. The molecule has 4 aliphatic rings. The Kier molecular flexibility index (Phi) is 3.36. The van der Waals surface area contributed by atoms with Gasteiger partial charge in [-0.05, 0) is 49.9 Å². The number of ether oxygens (including phenoxy) is 1. The normalized spacial score (nSPS) is 42.8. The lowest BCUT2D eigenvalue weighted by atomic mass is 9.44. The zero-order valence-electron chi connectivity index (χ0n) is 15.8. The van der Waals surface area contributed by atoms with E-state index in [0.717, 1.165) is 25.7 Å². The number of nitrogens with two attached hydrogens (primary N) is 1. The van der Waals surface area contributed by atoms with Crippen LogP contribution in [0.3, 0.4) is 0 Å². The first kappa shape index (κ1) is 16.9. The van der Waals surface area contributed by atoms with Gasteiger partial charge < -0.3 is 10.5 Å². The van der Waals surface area contributed by atoms with Crippen molar-refractivity contribution >= 4 is 11.6 Å². The Morgan fingerprint density at radius 1 is 1.16 bits per heavy atom. The van der Waals surface area contributed by atoms with Crippen LogP contribution in [0.5, 0.6) is 0 Å². The molecule has 3 aliphatic carbocycles. The molecule has 0 unspecified atom stereocenters. The number of ketones is 2. The third kappa shape index (κ3) is 2.00. The van der Waals surface area contributed by atoms with Gasteiger partial charge in [-0.3, -0.25) is 9.59 Å². The second kappa shape index (κ2) is 4.99. The highest BCUT2D eigenvalue weighted by Crippen LogP contribution is 2.67. The van der Waals surface area contributed by atoms with Crippen LogP contribution >= 0.6 is 0 Å². The number of carbonyl (C=O) groups is 2. The van der Waals surface area contributed by atoms with Crippen LogP contribution in [0.2, 0.25) is 0 Å². The molecule has 2 N–H and O–H groups in total. The van der Waals surface area contributed by atoms with E-state index in [1.165, 1.54) is 12.5 Å². The molecule has 4 rings (SSSR count). The average molecular weight is 343 g/mol. The molecule has 0 aromatic rings. The van der Waals surface area contributed by atoms with Crippen LogP contribution in [0, 0.1) is 22.7 Å². The maximum absolute atomic E-state index is 12.6. The van der Waals surface area contributed by atoms with Gasteiger partial charge in [0.2, 0.25) is 11.6 Å². The monoisotopic (exact) mass is 343 g/mol. The van der Waals surface area contributed by atoms with E-state index in [9.17, 15) is 9.59 Å². The summed E-state index contributed by atoms with van der Waals surface area (Å²) < 4.78 is 6.64. The molecule has 0 bridgehead atoms. The van der Waals surface area contributed by atoms with Crippen LogP contribution < -0.4 is 5.73 Å². The predicted molar refractivity (Wildman–Crippen MR) is 95.4 cm³/mol. The summed E-state index contributed by atoms with van der Waals surface area (Å²) in [4.78, 5) is 25.2. The first-order valence-corrected chi connectivity index (χ1v) is 9.61. The first-order valence-electron chi connectivity index (χ1n) is 9.61. The van der Waals surface area contributed by atoms with Gasteiger partial charge >= 0.3 is 0 Å². The van der Waals surface area contributed by atoms with Gasteiger partial charge in [-0.25, -0.2) is 0 Å². The fourth-order valence-electron chi connectivity index (χ4n) is 6.33. The number of rotatable bonds is 0. The molecule has 2 saturated carbocycles. The number of Topliss-reactive ketones (excluding diaryl/α,β-unsaturated/α-hetero) is 1. The molecule has 4 atom stereocenters. The Morgan fingerprint density at radius 2 is 1.88 bits per heavy atom. The van der Waals surface area contributed by atoms with E-state index in [0.29, 0.717) is 23.8 Å². The van der Waals surface area contributed by atoms with Gasteiger partial charge in [-0.15, -0.1) is 0 Å². The van der Waals surface area contributed by atoms with Crippen LogP contribution in [0.25, 0.3) is 0 Å². The summed E-state index contributed by atoms with van der Waals surface area (Å²) >= 11 is 0. The molecule has 2 fully saturated rings. The Hall–Kier alpha value is -1.58. The zero-order valence-corrected chi connectivity index (χ0v) is 15.8. The second-order valence-corrected chi connectivity index (χ2v) is 9.56. The van der Waals surface area contributed by atoms with E-state index < -0.39 is 0 Å². The van der Waals surface area contributed by atoms with Gasteiger partial charge in [-0.2, -0.15) is 0 Å². The van der Waals surface area contributed by atoms with Crippen molar-refractivity contribution in [1.29, 1.82) is 0 Å². The first-order chi connectivity index (χ1) is 11.6. The standard InChI is InChI=1S/C21H29NO3/c1-12-6-7-16-19(2,3)8-5-9-21(16)20(12,4)11-13-17(24)14(22)10-15(23)18(13)25-21/h10,12,16H,5-9,11,22H2,1-4H3/t12-,16-,20+,21-/m0/s1. The average Bonchev–Trinajstić information content (AvgIpc) is 2.52. The summed E-state index contributed by atoms with van der Waals surface area (Å²) in [6, 6.07) is 0. The molecule has 25 heavy (non-hydrogen) atoms. The highest BCUT2D eigenvalue weighted by Gasteiger charge is 2.66. The Morgan fingerprint density at radius 3 is 2.60 bits per heavy atom. The fourth-order valence-corrected chi connectivity index (χ4v) is 6.33. The molecule has 0 aromatic carbocycles. The molecule has 4 heteroatoms. The molecule has 0 aromatic heterocycles. The van der Waals surface area contributed by atoms with Crippen molar-refractivity contribution in [3.8, 4) is 0 Å².